The third kappa shape index (κ3) is 2.60. The van der Waals surface area contributed by atoms with Gasteiger partial charge in [-0.25, -0.2) is 4.79 Å². The van der Waals surface area contributed by atoms with Gasteiger partial charge in [-0.1, -0.05) is 24.3 Å². The van der Waals surface area contributed by atoms with Crippen LogP contribution in [0.1, 0.15) is 25.6 Å². The van der Waals surface area contributed by atoms with Gasteiger partial charge in [-0.2, -0.15) is 0 Å². The van der Waals surface area contributed by atoms with Crippen LogP contribution in [0, 0.1) is 5.92 Å². The van der Waals surface area contributed by atoms with Crippen LogP contribution < -0.4 is 0 Å². The minimum atomic E-state index is -0.757. The van der Waals surface area contributed by atoms with Crippen LogP contribution >= 0.6 is 0 Å². The summed E-state index contributed by atoms with van der Waals surface area (Å²) in [5.41, 5.74) is 0.242. The summed E-state index contributed by atoms with van der Waals surface area (Å²) in [6.45, 7) is 7.99. The van der Waals surface area contributed by atoms with E-state index in [1.807, 2.05) is 26.0 Å². The summed E-state index contributed by atoms with van der Waals surface area (Å²) in [6, 6.07) is 2.90. The van der Waals surface area contributed by atoms with Crippen LogP contribution in [0.3, 0.4) is 0 Å². The van der Waals surface area contributed by atoms with Gasteiger partial charge in [0.15, 0.2) is 0 Å². The first kappa shape index (κ1) is 17.9. The number of rotatable bonds is 3. The number of nitrogens with zero attached hydrogens (tertiary/aromatic N) is 2. The lowest BCUT2D eigenvalue weighted by Gasteiger charge is -2.42. The van der Waals surface area contributed by atoms with Gasteiger partial charge in [-0.05, 0) is 26.0 Å². The number of furan rings is 1. The van der Waals surface area contributed by atoms with Crippen LogP contribution in [0.15, 0.2) is 47.1 Å². The molecule has 2 fully saturated rings. The Morgan fingerprint density at radius 1 is 1.52 bits per heavy atom. The fraction of sp³-hybridized carbons (Fsp3) is 0.500. The molecule has 144 valence electrons. The smallest absolute Gasteiger partial charge is 0.410 e. The Hall–Kier alpha value is -2.54. The van der Waals surface area contributed by atoms with Crippen molar-refractivity contribution in [3.63, 3.8) is 0 Å². The lowest BCUT2D eigenvalue weighted by atomic mass is 9.82. The number of hydrogen-bond acceptors (Lipinski definition) is 5. The zero-order valence-corrected chi connectivity index (χ0v) is 15.8. The molecule has 1 aromatic heterocycles. The summed E-state index contributed by atoms with van der Waals surface area (Å²) in [6.07, 6.45) is 4.28. The number of carbonyl (C=O) groups is 2. The molecule has 0 saturated carbocycles. The molecule has 7 nitrogen and oxygen atoms in total. The van der Waals surface area contributed by atoms with Crippen molar-refractivity contribution in [2.75, 3.05) is 20.2 Å². The minimum absolute atomic E-state index is 0.0513. The number of ether oxygens (including phenoxy) is 2. The Morgan fingerprint density at radius 2 is 2.30 bits per heavy atom. The molecular weight excluding hydrogens is 348 g/mol. The van der Waals surface area contributed by atoms with Gasteiger partial charge in [0.1, 0.15) is 30.1 Å². The molecule has 3 aliphatic rings. The van der Waals surface area contributed by atoms with Gasteiger partial charge in [0.2, 0.25) is 5.91 Å². The number of likely N-dealkylation sites (N-methyl/N-ethyl adjacent to an activating group) is 1. The molecule has 2 amide bonds. The summed E-state index contributed by atoms with van der Waals surface area (Å²) in [7, 11) is 1.75. The number of likely N-dealkylation sites (tertiary alicyclic amines) is 1. The van der Waals surface area contributed by atoms with Crippen molar-refractivity contribution in [3.8, 4) is 0 Å². The van der Waals surface area contributed by atoms with Crippen molar-refractivity contribution in [2.45, 2.75) is 37.6 Å². The Morgan fingerprint density at radius 3 is 2.96 bits per heavy atom. The number of hydrogen-bond donors (Lipinski definition) is 0. The maximum Gasteiger partial charge on any atom is 0.410 e. The minimum Gasteiger partial charge on any atom is -0.467 e. The van der Waals surface area contributed by atoms with Crippen molar-refractivity contribution >= 4 is 12.0 Å². The first-order valence-electron chi connectivity index (χ1n) is 9.08. The molecule has 27 heavy (non-hydrogen) atoms. The van der Waals surface area contributed by atoms with Gasteiger partial charge in [0.05, 0.1) is 18.2 Å². The first-order chi connectivity index (χ1) is 12.9. The van der Waals surface area contributed by atoms with E-state index in [0.29, 0.717) is 12.3 Å². The molecule has 0 aromatic carbocycles. The topological polar surface area (TPSA) is 72.2 Å². The fourth-order valence-electron chi connectivity index (χ4n) is 4.83. The van der Waals surface area contributed by atoms with Crippen molar-refractivity contribution in [1.82, 2.24) is 9.80 Å². The predicted octanol–water partition coefficient (Wildman–Crippen LogP) is 2.52. The largest absolute Gasteiger partial charge is 0.467 e. The Bertz CT molecular complexity index is 801. The van der Waals surface area contributed by atoms with Crippen LogP contribution in [0.5, 0.6) is 0 Å². The van der Waals surface area contributed by atoms with E-state index < -0.39 is 29.8 Å². The standard InChI is InChI=1S/C20H24N2O5/c1-5-8-26-19(24)22-11-12(2)10-20(3)17(22)14-16(27-20)15(21(4)18(14)23)13-7-6-9-25-13/h5-7,9-10,14-17H,1,8,11H2,2-4H3/t14-,15+,16-,17-,20-/m0/s1. The van der Waals surface area contributed by atoms with Gasteiger partial charge in [0.25, 0.3) is 0 Å². The van der Waals surface area contributed by atoms with Crippen molar-refractivity contribution in [1.29, 1.82) is 0 Å². The van der Waals surface area contributed by atoms with Gasteiger partial charge in [0, 0.05) is 13.6 Å². The lowest BCUT2D eigenvalue weighted by Crippen LogP contribution is -2.57. The molecule has 7 heteroatoms. The van der Waals surface area contributed by atoms with E-state index in [2.05, 4.69) is 6.58 Å². The van der Waals surface area contributed by atoms with E-state index in [-0.39, 0.29) is 18.6 Å². The zero-order valence-electron chi connectivity index (χ0n) is 15.8. The summed E-state index contributed by atoms with van der Waals surface area (Å²) in [4.78, 5) is 29.1. The third-order valence-electron chi connectivity index (χ3n) is 5.72. The van der Waals surface area contributed by atoms with E-state index in [1.54, 1.807) is 29.2 Å². The van der Waals surface area contributed by atoms with Crippen molar-refractivity contribution < 1.29 is 23.5 Å². The number of carbonyl (C=O) groups excluding carboxylic acids is 2. The molecule has 1 aromatic rings. The van der Waals surface area contributed by atoms with Crippen LogP contribution in [-0.2, 0) is 14.3 Å². The highest BCUT2D eigenvalue weighted by Gasteiger charge is 2.66. The summed E-state index contributed by atoms with van der Waals surface area (Å²) in [5.74, 6) is 0.155. The molecular formula is C20H24N2O5. The average molecular weight is 372 g/mol. The van der Waals surface area contributed by atoms with E-state index in [9.17, 15) is 9.59 Å². The molecule has 0 spiro atoms. The van der Waals surface area contributed by atoms with Crippen LogP contribution in [0.25, 0.3) is 0 Å². The second-order valence-corrected chi connectivity index (χ2v) is 7.63. The second-order valence-electron chi connectivity index (χ2n) is 7.63. The Labute approximate surface area is 158 Å². The highest BCUT2D eigenvalue weighted by molar-refractivity contribution is 5.85. The maximum absolute atomic E-state index is 13.1. The predicted molar refractivity (Wildman–Crippen MR) is 96.8 cm³/mol. The van der Waals surface area contributed by atoms with E-state index in [0.717, 1.165) is 5.57 Å². The molecule has 0 aliphatic carbocycles. The molecule has 0 N–H and O–H groups in total. The SMILES string of the molecule is C=CCOC(=O)N1CC(C)=C[C@]2(C)O[C@H]3[C@H](C(=O)N(C)[C@@H]3c3ccco3)[C@H]12. The summed E-state index contributed by atoms with van der Waals surface area (Å²) in [5, 5.41) is 0. The van der Waals surface area contributed by atoms with Crippen LogP contribution in [0.4, 0.5) is 4.79 Å². The molecule has 2 saturated heterocycles. The monoisotopic (exact) mass is 372 g/mol. The molecule has 4 heterocycles. The molecule has 3 aliphatic heterocycles. The maximum atomic E-state index is 13.1. The molecule has 0 bridgehead atoms. The Kier molecular flexibility index (Phi) is 4.14. The summed E-state index contributed by atoms with van der Waals surface area (Å²) < 4.78 is 17.3. The van der Waals surface area contributed by atoms with Gasteiger partial charge in [-0.3, -0.25) is 9.69 Å². The second kappa shape index (κ2) is 6.27. The quantitative estimate of drug-likeness (QED) is 0.763. The average Bonchev–Trinajstić information content (AvgIpc) is 3.28. The van der Waals surface area contributed by atoms with Gasteiger partial charge < -0.3 is 18.8 Å². The van der Waals surface area contributed by atoms with Crippen molar-refractivity contribution in [2.24, 2.45) is 5.92 Å². The van der Waals surface area contributed by atoms with Crippen molar-refractivity contribution in [3.05, 3.63) is 48.5 Å². The van der Waals surface area contributed by atoms with Crippen LogP contribution in [0.2, 0.25) is 0 Å². The van der Waals surface area contributed by atoms with Crippen LogP contribution in [-0.4, -0.2) is 59.7 Å². The highest BCUT2D eigenvalue weighted by Crippen LogP contribution is 2.52. The molecule has 0 unspecified atom stereocenters. The number of fused-ring (bicyclic) bond motifs is 3. The normalized spacial score (nSPS) is 34.9. The zero-order chi connectivity index (χ0) is 19.3. The summed E-state index contributed by atoms with van der Waals surface area (Å²) >= 11 is 0. The molecule has 5 atom stereocenters. The first-order valence-corrected chi connectivity index (χ1v) is 9.08. The fourth-order valence-corrected chi connectivity index (χ4v) is 4.83. The van der Waals surface area contributed by atoms with Gasteiger partial charge >= 0.3 is 6.09 Å². The van der Waals surface area contributed by atoms with E-state index in [1.165, 1.54) is 6.08 Å². The Balaban J connectivity index is 1.73. The lowest BCUT2D eigenvalue weighted by molar-refractivity contribution is -0.133. The van der Waals surface area contributed by atoms with E-state index in [4.69, 9.17) is 13.9 Å². The van der Waals surface area contributed by atoms with E-state index >= 15 is 0 Å². The molecule has 4 rings (SSSR count). The highest BCUT2D eigenvalue weighted by atomic mass is 16.6. The van der Waals surface area contributed by atoms with Gasteiger partial charge in [-0.15, -0.1) is 0 Å². The number of amides is 2. The molecule has 0 radical (unpaired) electrons. The third-order valence-corrected chi connectivity index (χ3v) is 5.72.